The number of carbonyl (C=O) groups excluding carboxylic acids is 1. The van der Waals surface area contributed by atoms with Crippen molar-refractivity contribution in [3.63, 3.8) is 0 Å². The molecule has 0 saturated carbocycles. The first-order chi connectivity index (χ1) is 13.0. The third-order valence-corrected chi connectivity index (χ3v) is 6.10. The van der Waals surface area contributed by atoms with Gasteiger partial charge in [-0.25, -0.2) is 8.42 Å². The van der Waals surface area contributed by atoms with E-state index in [0.29, 0.717) is 17.7 Å². The van der Waals surface area contributed by atoms with Crippen molar-refractivity contribution < 1.29 is 17.9 Å². The average molecular weight is 403 g/mol. The van der Waals surface area contributed by atoms with E-state index in [2.05, 4.69) is 5.32 Å². The number of ether oxygens (including phenoxy) is 1. The van der Waals surface area contributed by atoms with Crippen molar-refractivity contribution in [2.24, 2.45) is 0 Å². The van der Waals surface area contributed by atoms with Gasteiger partial charge in [0.25, 0.3) is 5.91 Å². The van der Waals surface area contributed by atoms with Gasteiger partial charge in [-0.15, -0.1) is 0 Å². The van der Waals surface area contributed by atoms with Crippen LogP contribution in [0, 0.1) is 6.92 Å². The van der Waals surface area contributed by atoms with Gasteiger partial charge in [0.2, 0.25) is 10.0 Å². The molecular formula is C21H26N2O4S. The molecule has 0 radical (unpaired) electrons. The number of sulfonamides is 1. The first kappa shape index (κ1) is 20.2. The Labute approximate surface area is 166 Å². The van der Waals surface area contributed by atoms with Gasteiger partial charge in [-0.05, 0) is 45.0 Å². The lowest BCUT2D eigenvalue weighted by molar-refractivity contribution is 0.0619. The number of hydrogen-bond acceptors (Lipinski definition) is 4. The Kier molecular flexibility index (Phi) is 5.14. The van der Waals surface area contributed by atoms with Crippen LogP contribution >= 0.6 is 0 Å². The largest absolute Gasteiger partial charge is 0.487 e. The van der Waals surface area contributed by atoms with Crippen molar-refractivity contribution in [2.75, 3.05) is 17.6 Å². The van der Waals surface area contributed by atoms with Gasteiger partial charge in [0, 0.05) is 24.6 Å². The van der Waals surface area contributed by atoms with Gasteiger partial charge in [0.1, 0.15) is 11.4 Å². The van der Waals surface area contributed by atoms with E-state index in [9.17, 15) is 13.2 Å². The van der Waals surface area contributed by atoms with Gasteiger partial charge in [0.05, 0.1) is 18.0 Å². The van der Waals surface area contributed by atoms with Crippen molar-refractivity contribution in [2.45, 2.75) is 38.8 Å². The molecular weight excluding hydrogens is 376 g/mol. The number of anilines is 1. The summed E-state index contributed by atoms with van der Waals surface area (Å²) in [5.74, 6) is 0.525. The van der Waals surface area contributed by atoms with Crippen molar-refractivity contribution in [3.8, 4) is 5.75 Å². The molecule has 1 aliphatic heterocycles. The van der Waals surface area contributed by atoms with Gasteiger partial charge in [-0.2, -0.15) is 0 Å². The molecule has 0 saturated heterocycles. The van der Waals surface area contributed by atoms with Crippen LogP contribution in [0.5, 0.6) is 5.75 Å². The van der Waals surface area contributed by atoms with Gasteiger partial charge >= 0.3 is 0 Å². The standard InChI is InChI=1S/C21H26N2O4S/c1-14-9-10-19-17(11-14)18(13-21(2,3)27-19)22-20(24)15-7-6-8-16(12-15)23(4)28(5,25)26/h6-12,18H,13H2,1-5H3,(H,22,24)/t18-/m1/s1. The SMILES string of the molecule is Cc1ccc2c(c1)[C@H](NC(=O)c1cccc(N(C)S(C)(=O)=O)c1)CC(C)(C)O2. The summed E-state index contributed by atoms with van der Waals surface area (Å²) in [7, 11) is -1.94. The predicted octanol–water partition coefficient (Wildman–Crippen LogP) is 3.42. The van der Waals surface area contributed by atoms with E-state index < -0.39 is 15.6 Å². The highest BCUT2D eigenvalue weighted by molar-refractivity contribution is 7.92. The Hall–Kier alpha value is -2.54. The van der Waals surface area contributed by atoms with Crippen molar-refractivity contribution in [3.05, 3.63) is 59.2 Å². The third-order valence-electron chi connectivity index (χ3n) is 4.90. The lowest BCUT2D eigenvalue weighted by Crippen LogP contribution is -2.41. The summed E-state index contributed by atoms with van der Waals surface area (Å²) in [4.78, 5) is 12.9. The number of nitrogens with zero attached hydrogens (tertiary/aromatic N) is 1. The first-order valence-electron chi connectivity index (χ1n) is 9.11. The molecule has 150 valence electrons. The molecule has 0 bridgehead atoms. The molecule has 1 heterocycles. The number of amides is 1. The molecule has 6 nitrogen and oxygen atoms in total. The monoisotopic (exact) mass is 402 g/mol. The molecule has 2 aromatic rings. The van der Waals surface area contributed by atoms with E-state index in [1.165, 1.54) is 7.05 Å². The fourth-order valence-electron chi connectivity index (χ4n) is 3.38. The summed E-state index contributed by atoms with van der Waals surface area (Å²) in [6, 6.07) is 12.4. The molecule has 3 rings (SSSR count). The van der Waals surface area contributed by atoms with Crippen LogP contribution in [0.25, 0.3) is 0 Å². The molecule has 1 amide bonds. The van der Waals surface area contributed by atoms with E-state index in [4.69, 9.17) is 4.74 Å². The summed E-state index contributed by atoms with van der Waals surface area (Å²) in [6.45, 7) is 6.00. The van der Waals surface area contributed by atoms with Crippen LogP contribution in [0.15, 0.2) is 42.5 Å². The molecule has 0 unspecified atom stereocenters. The van der Waals surface area contributed by atoms with Crippen molar-refractivity contribution >= 4 is 21.6 Å². The minimum atomic E-state index is -3.40. The van der Waals surface area contributed by atoms with Crippen LogP contribution in [-0.4, -0.2) is 33.2 Å². The second-order valence-corrected chi connectivity index (χ2v) is 9.93. The molecule has 2 aromatic carbocycles. The lowest BCUT2D eigenvalue weighted by Gasteiger charge is -2.38. The summed E-state index contributed by atoms with van der Waals surface area (Å²) in [5.41, 5.74) is 2.50. The zero-order chi connectivity index (χ0) is 20.7. The Bertz CT molecular complexity index is 1010. The quantitative estimate of drug-likeness (QED) is 0.850. The van der Waals surface area contributed by atoms with Crippen molar-refractivity contribution in [1.82, 2.24) is 5.32 Å². The smallest absolute Gasteiger partial charge is 0.251 e. The topological polar surface area (TPSA) is 75.7 Å². The number of hydrogen-bond donors (Lipinski definition) is 1. The Morgan fingerprint density at radius 1 is 1.21 bits per heavy atom. The number of rotatable bonds is 4. The highest BCUT2D eigenvalue weighted by Gasteiger charge is 2.34. The maximum atomic E-state index is 12.9. The van der Waals surface area contributed by atoms with E-state index in [1.54, 1.807) is 24.3 Å². The van der Waals surface area contributed by atoms with Crippen LogP contribution in [0.2, 0.25) is 0 Å². The number of aryl methyl sites for hydroxylation is 1. The van der Waals surface area contributed by atoms with E-state index in [1.807, 2.05) is 39.0 Å². The number of fused-ring (bicyclic) bond motifs is 1. The van der Waals surface area contributed by atoms with Gasteiger partial charge in [-0.1, -0.05) is 23.8 Å². The normalized spacial score (nSPS) is 18.0. The highest BCUT2D eigenvalue weighted by Crippen LogP contribution is 2.40. The zero-order valence-corrected chi connectivity index (χ0v) is 17.6. The fraction of sp³-hybridized carbons (Fsp3) is 0.381. The summed E-state index contributed by atoms with van der Waals surface area (Å²) in [6.07, 6.45) is 1.77. The molecule has 1 N–H and O–H groups in total. The molecule has 0 fully saturated rings. The van der Waals surface area contributed by atoms with Crippen LogP contribution < -0.4 is 14.4 Å². The first-order valence-corrected chi connectivity index (χ1v) is 11.0. The number of carbonyl (C=O) groups is 1. The van der Waals surface area contributed by atoms with Crippen LogP contribution in [0.4, 0.5) is 5.69 Å². The molecule has 1 atom stereocenters. The summed E-state index contributed by atoms with van der Waals surface area (Å²) >= 11 is 0. The minimum Gasteiger partial charge on any atom is -0.487 e. The minimum absolute atomic E-state index is 0.192. The second kappa shape index (κ2) is 7.13. The number of benzene rings is 2. The second-order valence-electron chi connectivity index (χ2n) is 7.91. The van der Waals surface area contributed by atoms with E-state index >= 15 is 0 Å². The van der Waals surface area contributed by atoms with Gasteiger partial charge in [-0.3, -0.25) is 9.10 Å². The molecule has 1 aliphatic rings. The average Bonchev–Trinajstić information content (AvgIpc) is 2.60. The fourth-order valence-corrected chi connectivity index (χ4v) is 3.88. The van der Waals surface area contributed by atoms with Gasteiger partial charge < -0.3 is 10.1 Å². The lowest BCUT2D eigenvalue weighted by atomic mass is 9.88. The molecule has 7 heteroatoms. The molecule has 0 aliphatic carbocycles. The highest BCUT2D eigenvalue weighted by atomic mass is 32.2. The maximum absolute atomic E-state index is 12.9. The Morgan fingerprint density at radius 2 is 1.93 bits per heavy atom. The number of nitrogens with one attached hydrogen (secondary N) is 1. The van der Waals surface area contributed by atoms with Gasteiger partial charge in [0.15, 0.2) is 0 Å². The van der Waals surface area contributed by atoms with E-state index in [-0.39, 0.29) is 11.9 Å². The summed E-state index contributed by atoms with van der Waals surface area (Å²) in [5, 5.41) is 3.09. The van der Waals surface area contributed by atoms with Crippen LogP contribution in [0.3, 0.4) is 0 Å². The van der Waals surface area contributed by atoms with Crippen LogP contribution in [0.1, 0.15) is 47.8 Å². The predicted molar refractivity (Wildman–Crippen MR) is 110 cm³/mol. The van der Waals surface area contributed by atoms with Crippen molar-refractivity contribution in [1.29, 1.82) is 0 Å². The zero-order valence-electron chi connectivity index (χ0n) is 16.8. The van der Waals surface area contributed by atoms with E-state index in [0.717, 1.165) is 27.4 Å². The maximum Gasteiger partial charge on any atom is 0.251 e. The molecule has 0 aromatic heterocycles. The summed E-state index contributed by atoms with van der Waals surface area (Å²) < 4.78 is 30.8. The Morgan fingerprint density at radius 3 is 2.61 bits per heavy atom. The molecule has 0 spiro atoms. The molecule has 28 heavy (non-hydrogen) atoms. The third kappa shape index (κ3) is 4.30. The van der Waals surface area contributed by atoms with Crippen LogP contribution in [-0.2, 0) is 10.0 Å². The Balaban J connectivity index is 1.89.